The summed E-state index contributed by atoms with van der Waals surface area (Å²) in [4.78, 5) is 0. The van der Waals surface area contributed by atoms with Gasteiger partial charge in [-0.25, -0.2) is 4.57 Å². The van der Waals surface area contributed by atoms with E-state index in [4.69, 9.17) is 9.47 Å². The zero-order valence-electron chi connectivity index (χ0n) is 13.8. The van der Waals surface area contributed by atoms with E-state index in [0.717, 1.165) is 28.9 Å². The monoisotopic (exact) mass is 396 g/mol. The van der Waals surface area contributed by atoms with Crippen molar-refractivity contribution < 1.29 is 14.0 Å². The van der Waals surface area contributed by atoms with Gasteiger partial charge >= 0.3 is 0 Å². The summed E-state index contributed by atoms with van der Waals surface area (Å²) >= 11 is 3.64. The van der Waals surface area contributed by atoms with E-state index in [1.807, 2.05) is 12.1 Å². The molecule has 3 nitrogen and oxygen atoms in total. The van der Waals surface area contributed by atoms with Gasteiger partial charge in [-0.2, -0.15) is 0 Å². The van der Waals surface area contributed by atoms with Gasteiger partial charge in [-0.05, 0) is 29.7 Å². The van der Waals surface area contributed by atoms with Gasteiger partial charge in [0, 0.05) is 22.2 Å². The van der Waals surface area contributed by atoms with Crippen molar-refractivity contribution in [2.45, 2.75) is 13.0 Å². The van der Waals surface area contributed by atoms with Crippen molar-refractivity contribution in [1.29, 1.82) is 0 Å². The zero-order valence-corrected chi connectivity index (χ0v) is 15.4. The summed E-state index contributed by atoms with van der Waals surface area (Å²) in [6, 6.07) is 18.9. The molecule has 1 aromatic heterocycles. The number of halogens is 1. The summed E-state index contributed by atoms with van der Waals surface area (Å²) in [7, 11) is 0. The van der Waals surface area contributed by atoms with Crippen molar-refractivity contribution in [1.82, 2.24) is 0 Å². The first-order valence-electron chi connectivity index (χ1n) is 8.38. The van der Waals surface area contributed by atoms with Crippen molar-refractivity contribution in [3.8, 4) is 11.5 Å². The van der Waals surface area contributed by atoms with Crippen LogP contribution in [0.1, 0.15) is 16.7 Å². The van der Waals surface area contributed by atoms with Crippen LogP contribution in [0.2, 0.25) is 0 Å². The fraction of sp³-hybridized carbons (Fsp3) is 0.190. The maximum Gasteiger partial charge on any atom is 0.175 e. The first-order valence-corrected chi connectivity index (χ1v) is 9.17. The summed E-state index contributed by atoms with van der Waals surface area (Å²) in [6.07, 6.45) is 5.21. The number of fused-ring (bicyclic) bond motifs is 1. The highest BCUT2D eigenvalue weighted by Gasteiger charge is 2.16. The number of benzene rings is 2. The van der Waals surface area contributed by atoms with Crippen LogP contribution in [-0.2, 0) is 13.0 Å². The van der Waals surface area contributed by atoms with Gasteiger partial charge < -0.3 is 9.47 Å². The van der Waals surface area contributed by atoms with Crippen molar-refractivity contribution >= 4 is 15.9 Å². The Kier molecular flexibility index (Phi) is 4.70. The molecular formula is C21H19BrNO2+. The Morgan fingerprint density at radius 2 is 1.48 bits per heavy atom. The molecule has 2 heterocycles. The van der Waals surface area contributed by atoms with Crippen LogP contribution in [0.4, 0.5) is 0 Å². The lowest BCUT2D eigenvalue weighted by Crippen LogP contribution is -2.33. The van der Waals surface area contributed by atoms with Gasteiger partial charge in [0.2, 0.25) is 0 Å². The number of ether oxygens (including phenoxy) is 2. The van der Waals surface area contributed by atoms with E-state index < -0.39 is 0 Å². The van der Waals surface area contributed by atoms with Crippen LogP contribution >= 0.6 is 15.9 Å². The van der Waals surface area contributed by atoms with E-state index >= 15 is 0 Å². The molecule has 0 bridgehead atoms. The summed E-state index contributed by atoms with van der Waals surface area (Å²) < 4.78 is 14.5. The SMILES string of the molecule is Brc1cc2c(cc1C[n+]1ccc(Cc3ccccc3)cc1)OCCO2. The third kappa shape index (κ3) is 3.85. The van der Waals surface area contributed by atoms with E-state index in [1.54, 1.807) is 0 Å². The molecule has 3 aromatic rings. The maximum atomic E-state index is 5.69. The van der Waals surface area contributed by atoms with Crippen LogP contribution in [0.3, 0.4) is 0 Å². The summed E-state index contributed by atoms with van der Waals surface area (Å²) in [6.45, 7) is 1.99. The number of rotatable bonds is 4. The van der Waals surface area contributed by atoms with E-state index in [2.05, 4.69) is 75.4 Å². The number of hydrogen-bond acceptors (Lipinski definition) is 2. The second kappa shape index (κ2) is 7.28. The van der Waals surface area contributed by atoms with Gasteiger partial charge in [0.05, 0.1) is 0 Å². The molecule has 0 N–H and O–H groups in total. The van der Waals surface area contributed by atoms with Gasteiger partial charge in [0.25, 0.3) is 0 Å². The summed E-state index contributed by atoms with van der Waals surface area (Å²) in [5, 5.41) is 0. The molecule has 4 rings (SSSR count). The second-order valence-electron chi connectivity index (χ2n) is 6.13. The fourth-order valence-electron chi connectivity index (χ4n) is 2.97. The average molecular weight is 397 g/mol. The Bertz CT molecular complexity index is 863. The molecule has 0 spiro atoms. The third-order valence-corrected chi connectivity index (χ3v) is 5.01. The van der Waals surface area contributed by atoms with Gasteiger partial charge in [0.15, 0.2) is 30.4 Å². The molecule has 126 valence electrons. The van der Waals surface area contributed by atoms with Crippen molar-refractivity contribution in [3.63, 3.8) is 0 Å². The van der Waals surface area contributed by atoms with Crippen LogP contribution < -0.4 is 14.0 Å². The molecular weight excluding hydrogens is 378 g/mol. The molecule has 0 amide bonds. The largest absolute Gasteiger partial charge is 0.486 e. The predicted octanol–water partition coefficient (Wildman–Crippen LogP) is 4.15. The van der Waals surface area contributed by atoms with Crippen LogP contribution in [0.15, 0.2) is 71.5 Å². The van der Waals surface area contributed by atoms with Crippen LogP contribution in [0.5, 0.6) is 11.5 Å². The molecule has 2 aromatic carbocycles. The quantitative estimate of drug-likeness (QED) is 0.618. The molecule has 0 saturated carbocycles. The minimum Gasteiger partial charge on any atom is -0.486 e. The highest BCUT2D eigenvalue weighted by atomic mass is 79.9. The molecule has 0 saturated heterocycles. The minimum absolute atomic E-state index is 0.607. The van der Waals surface area contributed by atoms with Gasteiger partial charge in [-0.3, -0.25) is 0 Å². The Morgan fingerprint density at radius 3 is 2.20 bits per heavy atom. The Hall–Kier alpha value is -2.33. The fourth-order valence-corrected chi connectivity index (χ4v) is 3.41. The molecule has 1 aliphatic heterocycles. The molecule has 25 heavy (non-hydrogen) atoms. The van der Waals surface area contributed by atoms with Crippen molar-refractivity contribution in [3.05, 3.63) is 88.2 Å². The molecule has 0 aliphatic carbocycles. The number of nitrogens with zero attached hydrogens (tertiary/aromatic N) is 1. The van der Waals surface area contributed by atoms with Gasteiger partial charge in [-0.15, -0.1) is 0 Å². The Labute approximate surface area is 156 Å². The molecule has 0 fully saturated rings. The lowest BCUT2D eigenvalue weighted by molar-refractivity contribution is -0.688. The van der Waals surface area contributed by atoms with Crippen molar-refractivity contribution in [2.24, 2.45) is 0 Å². The molecule has 4 heteroatoms. The highest BCUT2D eigenvalue weighted by molar-refractivity contribution is 9.10. The van der Waals surface area contributed by atoms with Crippen molar-refractivity contribution in [2.75, 3.05) is 13.2 Å². The van der Waals surface area contributed by atoms with Crippen LogP contribution in [0, 0.1) is 0 Å². The maximum absolute atomic E-state index is 5.69. The normalized spacial score (nSPS) is 12.8. The average Bonchev–Trinajstić information content (AvgIpc) is 2.65. The highest BCUT2D eigenvalue weighted by Crippen LogP contribution is 2.35. The number of aromatic nitrogens is 1. The third-order valence-electron chi connectivity index (χ3n) is 4.28. The predicted molar refractivity (Wildman–Crippen MR) is 100 cm³/mol. The molecule has 0 radical (unpaired) electrons. The lowest BCUT2D eigenvalue weighted by atomic mass is 10.1. The smallest absolute Gasteiger partial charge is 0.175 e. The van der Waals surface area contributed by atoms with E-state index in [0.29, 0.717) is 13.2 Å². The zero-order chi connectivity index (χ0) is 17.1. The standard InChI is InChI=1S/C21H19BrNO2/c22-19-14-21-20(24-10-11-25-21)13-18(19)15-23-8-6-17(7-9-23)12-16-4-2-1-3-5-16/h1-9,13-14H,10-12,15H2/q+1. The first-order chi connectivity index (χ1) is 12.3. The van der Waals surface area contributed by atoms with Crippen LogP contribution in [0.25, 0.3) is 0 Å². The Morgan fingerprint density at radius 1 is 0.840 bits per heavy atom. The van der Waals surface area contributed by atoms with Crippen LogP contribution in [-0.4, -0.2) is 13.2 Å². The minimum atomic E-state index is 0.607. The molecule has 0 unspecified atom stereocenters. The molecule has 0 atom stereocenters. The van der Waals surface area contributed by atoms with E-state index in [-0.39, 0.29) is 0 Å². The van der Waals surface area contributed by atoms with Gasteiger partial charge in [0.1, 0.15) is 13.2 Å². The molecule has 1 aliphatic rings. The summed E-state index contributed by atoms with van der Waals surface area (Å²) in [5.74, 6) is 1.64. The van der Waals surface area contributed by atoms with E-state index in [1.165, 1.54) is 16.7 Å². The summed E-state index contributed by atoms with van der Waals surface area (Å²) in [5.41, 5.74) is 3.81. The second-order valence-corrected chi connectivity index (χ2v) is 6.98. The lowest BCUT2D eigenvalue weighted by Gasteiger charge is -2.19. The first kappa shape index (κ1) is 16.2. The number of pyridine rings is 1. The Balaban J connectivity index is 1.50. The number of hydrogen-bond donors (Lipinski definition) is 0. The topological polar surface area (TPSA) is 22.3 Å². The van der Waals surface area contributed by atoms with Gasteiger partial charge in [-0.1, -0.05) is 46.3 Å². The van der Waals surface area contributed by atoms with E-state index in [9.17, 15) is 0 Å².